The van der Waals surface area contributed by atoms with Crippen molar-refractivity contribution in [3.05, 3.63) is 22.8 Å². The van der Waals surface area contributed by atoms with E-state index >= 15 is 0 Å². The molecule has 0 amide bonds. The lowest BCUT2D eigenvalue weighted by atomic mass is 10.2. The van der Waals surface area contributed by atoms with Gasteiger partial charge in [-0.1, -0.05) is 11.6 Å². The van der Waals surface area contributed by atoms with Crippen LogP contribution in [0.4, 0.5) is 5.69 Å². The summed E-state index contributed by atoms with van der Waals surface area (Å²) in [4.78, 5) is 0. The number of fused-ring (bicyclic) bond motifs is 1. The Balaban J connectivity index is 2.94. The van der Waals surface area contributed by atoms with E-state index < -0.39 is 0 Å². The highest BCUT2D eigenvalue weighted by Gasteiger charge is 2.08. The molecule has 3 nitrogen and oxygen atoms in total. The number of anilines is 1. The van der Waals surface area contributed by atoms with Crippen LogP contribution in [0.3, 0.4) is 0 Å². The number of halogens is 1. The second-order valence-corrected chi connectivity index (χ2v) is 3.52. The van der Waals surface area contributed by atoms with Crippen molar-refractivity contribution in [3.63, 3.8) is 0 Å². The summed E-state index contributed by atoms with van der Waals surface area (Å²) in [7, 11) is 1.89. The van der Waals surface area contributed by atoms with Gasteiger partial charge in [-0.25, -0.2) is 0 Å². The van der Waals surface area contributed by atoms with Crippen molar-refractivity contribution in [2.24, 2.45) is 7.05 Å². The monoisotopic (exact) mass is 195 g/mol. The van der Waals surface area contributed by atoms with Gasteiger partial charge in [0.2, 0.25) is 0 Å². The molecule has 0 saturated carbocycles. The summed E-state index contributed by atoms with van der Waals surface area (Å²) in [5, 5.41) is 5.91. The van der Waals surface area contributed by atoms with Crippen molar-refractivity contribution >= 4 is 28.2 Å². The molecule has 2 rings (SSSR count). The molecule has 4 heteroatoms. The molecule has 0 aliphatic rings. The van der Waals surface area contributed by atoms with Crippen LogP contribution < -0.4 is 5.73 Å². The van der Waals surface area contributed by atoms with Crippen LogP contribution in [-0.2, 0) is 7.05 Å². The van der Waals surface area contributed by atoms with Gasteiger partial charge in [0.1, 0.15) is 5.52 Å². The zero-order valence-corrected chi connectivity index (χ0v) is 8.26. The predicted octanol–water partition coefficient (Wildman–Crippen LogP) is 2.12. The first-order chi connectivity index (χ1) is 6.09. The third-order valence-electron chi connectivity index (χ3n) is 2.21. The minimum absolute atomic E-state index is 0.610. The van der Waals surface area contributed by atoms with Gasteiger partial charge in [-0.3, -0.25) is 4.68 Å². The van der Waals surface area contributed by atoms with Crippen molar-refractivity contribution in [3.8, 4) is 0 Å². The van der Waals surface area contributed by atoms with Crippen LogP contribution in [0.25, 0.3) is 10.9 Å². The van der Waals surface area contributed by atoms with Gasteiger partial charge in [-0.15, -0.1) is 0 Å². The van der Waals surface area contributed by atoms with Crippen LogP contribution in [0.2, 0.25) is 5.02 Å². The Morgan fingerprint density at radius 2 is 2.15 bits per heavy atom. The normalized spacial score (nSPS) is 11.0. The fourth-order valence-corrected chi connectivity index (χ4v) is 1.66. The highest BCUT2D eigenvalue weighted by atomic mass is 35.5. The molecule has 0 fully saturated rings. The zero-order valence-electron chi connectivity index (χ0n) is 7.50. The Morgan fingerprint density at radius 1 is 1.46 bits per heavy atom. The van der Waals surface area contributed by atoms with Crippen molar-refractivity contribution in [2.75, 3.05) is 5.73 Å². The van der Waals surface area contributed by atoms with E-state index in [9.17, 15) is 0 Å². The van der Waals surface area contributed by atoms with Crippen LogP contribution in [0.5, 0.6) is 0 Å². The van der Waals surface area contributed by atoms with Crippen LogP contribution in [0.1, 0.15) is 5.69 Å². The van der Waals surface area contributed by atoms with E-state index in [1.165, 1.54) is 0 Å². The van der Waals surface area contributed by atoms with Crippen molar-refractivity contribution in [1.82, 2.24) is 9.78 Å². The number of aryl methyl sites for hydroxylation is 2. The number of hydrogen-bond donors (Lipinski definition) is 1. The van der Waals surface area contributed by atoms with E-state index in [2.05, 4.69) is 5.10 Å². The number of benzene rings is 1. The van der Waals surface area contributed by atoms with E-state index in [1.807, 2.05) is 20.0 Å². The van der Waals surface area contributed by atoms with Crippen LogP contribution in [0.15, 0.2) is 12.1 Å². The highest BCUT2D eigenvalue weighted by molar-refractivity contribution is 6.35. The number of nitrogens with zero attached hydrogens (tertiary/aromatic N) is 2. The van der Waals surface area contributed by atoms with Gasteiger partial charge in [-0.2, -0.15) is 5.10 Å². The summed E-state index contributed by atoms with van der Waals surface area (Å²) in [6.45, 7) is 1.99. The fraction of sp³-hybridized carbons (Fsp3) is 0.222. The molecule has 0 radical (unpaired) electrons. The third kappa shape index (κ3) is 1.16. The van der Waals surface area contributed by atoms with Gasteiger partial charge in [0.25, 0.3) is 0 Å². The molecule has 0 aliphatic heterocycles. The van der Waals surface area contributed by atoms with Gasteiger partial charge in [-0.05, 0) is 19.1 Å². The number of nitrogen functional groups attached to an aromatic ring is 1. The van der Waals surface area contributed by atoms with E-state index in [4.69, 9.17) is 17.3 Å². The van der Waals surface area contributed by atoms with Gasteiger partial charge in [0, 0.05) is 23.8 Å². The van der Waals surface area contributed by atoms with Crippen molar-refractivity contribution < 1.29 is 0 Å². The molecule has 0 bridgehead atoms. The predicted molar refractivity (Wildman–Crippen MR) is 54.9 cm³/mol. The zero-order chi connectivity index (χ0) is 9.59. The summed E-state index contributed by atoms with van der Waals surface area (Å²) < 4.78 is 1.80. The summed E-state index contributed by atoms with van der Waals surface area (Å²) in [5.74, 6) is 0. The topological polar surface area (TPSA) is 43.8 Å². The molecular formula is C9H10ClN3. The van der Waals surface area contributed by atoms with Gasteiger partial charge >= 0.3 is 0 Å². The minimum atomic E-state index is 0.610. The molecule has 0 atom stereocenters. The lowest BCUT2D eigenvalue weighted by Gasteiger charge is -1.95. The van der Waals surface area contributed by atoms with Crippen LogP contribution in [0, 0.1) is 6.92 Å². The first-order valence-corrected chi connectivity index (χ1v) is 4.35. The molecule has 68 valence electrons. The molecule has 0 unspecified atom stereocenters. The van der Waals surface area contributed by atoms with Gasteiger partial charge < -0.3 is 5.73 Å². The lowest BCUT2D eigenvalue weighted by molar-refractivity contribution is 0.751. The number of aromatic nitrogens is 2. The summed E-state index contributed by atoms with van der Waals surface area (Å²) in [5.41, 5.74) is 8.24. The molecular weight excluding hydrogens is 186 g/mol. The molecule has 0 aliphatic carbocycles. The number of hydrogen-bond acceptors (Lipinski definition) is 2. The summed E-state index contributed by atoms with van der Waals surface area (Å²) in [6.07, 6.45) is 0. The Kier molecular flexibility index (Phi) is 1.70. The summed E-state index contributed by atoms with van der Waals surface area (Å²) >= 11 is 5.99. The Hall–Kier alpha value is -1.22. The second-order valence-electron chi connectivity index (χ2n) is 3.11. The summed E-state index contributed by atoms with van der Waals surface area (Å²) in [6, 6.07) is 3.61. The molecule has 0 saturated heterocycles. The van der Waals surface area contributed by atoms with Crippen molar-refractivity contribution in [2.45, 2.75) is 6.92 Å². The molecule has 0 spiro atoms. The Morgan fingerprint density at radius 3 is 2.85 bits per heavy atom. The second kappa shape index (κ2) is 2.64. The van der Waals surface area contributed by atoms with Gasteiger partial charge in [0.15, 0.2) is 0 Å². The third-order valence-corrected chi connectivity index (χ3v) is 2.50. The standard InChI is InChI=1S/C9H10ClN3/c1-5-7-3-6(11)4-8(10)9(7)12-13(5)2/h3-4H,11H2,1-2H3. The molecule has 1 aromatic carbocycles. The largest absolute Gasteiger partial charge is 0.399 e. The maximum absolute atomic E-state index is 5.99. The number of nitrogens with two attached hydrogens (primary N) is 1. The first kappa shape index (κ1) is 8.38. The maximum atomic E-state index is 5.99. The average molecular weight is 196 g/mol. The molecule has 1 heterocycles. The van der Waals surface area contributed by atoms with E-state index in [1.54, 1.807) is 10.7 Å². The fourth-order valence-electron chi connectivity index (χ4n) is 1.40. The van der Waals surface area contributed by atoms with Crippen molar-refractivity contribution in [1.29, 1.82) is 0 Å². The van der Waals surface area contributed by atoms with Gasteiger partial charge in [0.05, 0.1) is 5.02 Å². The molecule has 2 aromatic rings. The van der Waals surface area contributed by atoms with Crippen LogP contribution >= 0.6 is 11.6 Å². The molecule has 13 heavy (non-hydrogen) atoms. The smallest absolute Gasteiger partial charge is 0.111 e. The Bertz CT molecular complexity index is 473. The highest BCUT2D eigenvalue weighted by Crippen LogP contribution is 2.27. The van der Waals surface area contributed by atoms with E-state index in [0.717, 1.165) is 16.6 Å². The van der Waals surface area contributed by atoms with E-state index in [0.29, 0.717) is 10.7 Å². The number of rotatable bonds is 0. The average Bonchev–Trinajstić information content (AvgIpc) is 2.32. The lowest BCUT2D eigenvalue weighted by Crippen LogP contribution is -1.91. The SMILES string of the molecule is Cc1c2cc(N)cc(Cl)c2nn1C. The van der Waals surface area contributed by atoms with E-state index in [-0.39, 0.29) is 0 Å². The molecule has 2 N–H and O–H groups in total. The molecule has 1 aromatic heterocycles. The first-order valence-electron chi connectivity index (χ1n) is 3.98. The maximum Gasteiger partial charge on any atom is 0.111 e. The quantitative estimate of drug-likeness (QED) is 0.655. The Labute approximate surface area is 81.1 Å². The van der Waals surface area contributed by atoms with Crippen LogP contribution in [-0.4, -0.2) is 9.78 Å². The minimum Gasteiger partial charge on any atom is -0.399 e.